The van der Waals surface area contributed by atoms with E-state index in [0.29, 0.717) is 48.2 Å². The average Bonchev–Trinajstić information content (AvgIpc) is 3.91. The predicted molar refractivity (Wildman–Crippen MR) is 257 cm³/mol. The zero-order chi connectivity index (χ0) is 50.9. The van der Waals surface area contributed by atoms with E-state index in [1.165, 1.54) is 43.7 Å². The number of esters is 2. The molecule has 2 aromatic heterocycles. The lowest BCUT2D eigenvalue weighted by atomic mass is 9.85. The number of aryl methyl sites for hydroxylation is 2. The van der Waals surface area contributed by atoms with Gasteiger partial charge in [-0.2, -0.15) is 0 Å². The fourth-order valence-electron chi connectivity index (χ4n) is 11.0. The van der Waals surface area contributed by atoms with E-state index < -0.39 is 73.7 Å². The summed E-state index contributed by atoms with van der Waals surface area (Å²) in [5.74, 6) is -1.74. The fourth-order valence-corrected chi connectivity index (χ4v) is 11.0. The number of amides is 1. The van der Waals surface area contributed by atoms with E-state index in [4.69, 9.17) is 24.0 Å². The summed E-state index contributed by atoms with van der Waals surface area (Å²) < 4.78 is 19.0. The van der Waals surface area contributed by atoms with Crippen molar-refractivity contribution in [2.75, 3.05) is 26.2 Å². The van der Waals surface area contributed by atoms with Crippen LogP contribution in [0.2, 0.25) is 0 Å². The van der Waals surface area contributed by atoms with Crippen molar-refractivity contribution in [1.29, 1.82) is 0 Å². The molecule has 4 aliphatic heterocycles. The molecule has 72 heavy (non-hydrogen) atoms. The number of nitro benzene ring substituents is 3. The summed E-state index contributed by atoms with van der Waals surface area (Å²) in [5.41, 5.74) is -1.30. The van der Waals surface area contributed by atoms with Crippen LogP contribution in [0, 0.1) is 37.3 Å². The third-order valence-corrected chi connectivity index (χ3v) is 14.6. The van der Waals surface area contributed by atoms with Crippen LogP contribution in [0.1, 0.15) is 98.2 Å². The number of hydrogen-bond acceptors (Lipinski definition) is 17. The number of nitro groups is 3. The Kier molecular flexibility index (Phi) is 12.0. The van der Waals surface area contributed by atoms with Crippen molar-refractivity contribution < 1.29 is 48.2 Å². The second-order valence-corrected chi connectivity index (χ2v) is 18.7. The highest BCUT2D eigenvalue weighted by molar-refractivity contribution is 6.26. The molecule has 3 aromatic carbocycles. The summed E-state index contributed by atoms with van der Waals surface area (Å²) in [4.78, 5) is 105. The summed E-state index contributed by atoms with van der Waals surface area (Å²) in [6.45, 7) is 9.42. The molecule has 372 valence electrons. The van der Waals surface area contributed by atoms with Gasteiger partial charge in [0.1, 0.15) is 18.1 Å². The van der Waals surface area contributed by atoms with Crippen LogP contribution in [0.5, 0.6) is 5.75 Å². The number of rotatable bonds is 11. The second-order valence-electron chi connectivity index (χ2n) is 18.7. The van der Waals surface area contributed by atoms with E-state index in [2.05, 4.69) is 10.1 Å². The highest BCUT2D eigenvalue weighted by atomic mass is 16.7. The first kappa shape index (κ1) is 47.5. The van der Waals surface area contributed by atoms with Crippen molar-refractivity contribution in [3.63, 3.8) is 0 Å². The Balaban J connectivity index is 0.937. The monoisotopic (exact) mass is 984 g/mol. The molecule has 10 rings (SSSR count). The van der Waals surface area contributed by atoms with E-state index in [0.717, 1.165) is 60.6 Å². The Morgan fingerprint density at radius 2 is 1.58 bits per heavy atom. The van der Waals surface area contributed by atoms with E-state index >= 15 is 0 Å². The predicted octanol–water partition coefficient (Wildman–Crippen LogP) is 7.51. The molecule has 0 saturated carbocycles. The van der Waals surface area contributed by atoms with Crippen molar-refractivity contribution in [1.82, 2.24) is 19.4 Å². The van der Waals surface area contributed by atoms with Crippen LogP contribution in [0.25, 0.3) is 33.4 Å². The topological polar surface area (TPSA) is 271 Å². The minimum atomic E-state index is -2.16. The van der Waals surface area contributed by atoms with Gasteiger partial charge in [-0.3, -0.25) is 35.1 Å². The van der Waals surface area contributed by atoms with Gasteiger partial charge in [0.25, 0.3) is 22.6 Å². The van der Waals surface area contributed by atoms with Gasteiger partial charge in [-0.15, -0.1) is 0 Å². The Morgan fingerprint density at radius 3 is 2.25 bits per heavy atom. The number of cyclic esters (lactones) is 1. The molecule has 2 fully saturated rings. The molecule has 6 heterocycles. The van der Waals surface area contributed by atoms with Crippen LogP contribution >= 0.6 is 0 Å². The van der Waals surface area contributed by atoms with E-state index in [1.54, 1.807) is 36.1 Å². The van der Waals surface area contributed by atoms with Crippen LogP contribution < -0.4 is 10.3 Å². The molecule has 0 unspecified atom stereocenters. The van der Waals surface area contributed by atoms with Gasteiger partial charge >= 0.3 is 18.0 Å². The van der Waals surface area contributed by atoms with Gasteiger partial charge in [-0.05, 0) is 101 Å². The third-order valence-electron chi connectivity index (χ3n) is 14.6. The zero-order valence-corrected chi connectivity index (χ0v) is 39.8. The Labute approximate surface area is 409 Å². The normalized spacial score (nSPS) is 19.1. The molecule has 22 heteroatoms. The molecule has 1 amide bonds. The number of carbonyl (C=O) groups is 3. The van der Waals surface area contributed by atoms with Gasteiger partial charge in [0, 0.05) is 70.5 Å². The molecule has 0 bridgehead atoms. The standard InChI is InChI=1S/C50H48N8O14/c1-5-32-33-22-31(70-49(62)54-16-12-28(13-17-54)53-14-8-7-9-15-53)10-11-39(33)51-45-36(32)24-55-41(45)23-38-37(46(55)59)25-69-48(61)50(38,6-2)71-47(60)27(4)72-52-44-34-19-29(56(63)64)18-26(3)42(34)43-35(44)20-30(57(65)66)21-40(43)58(67)68/h10-11,18-23,27-28H,5-9,12-17,24-25H2,1-4H3/b52-44+/t27-,50-/m0/s1. The number of carbonyl (C=O) groups excluding carboxylic acids is 3. The van der Waals surface area contributed by atoms with Crippen molar-refractivity contribution >= 4 is 51.7 Å². The molecular weight excluding hydrogens is 937 g/mol. The van der Waals surface area contributed by atoms with Crippen LogP contribution in [0.15, 0.2) is 58.5 Å². The first-order chi connectivity index (χ1) is 34.5. The van der Waals surface area contributed by atoms with Crippen LogP contribution in [0.4, 0.5) is 21.9 Å². The van der Waals surface area contributed by atoms with Crippen molar-refractivity contribution in [3.05, 3.63) is 128 Å². The fraction of sp³-hybridized carbons (Fsp3) is 0.400. The van der Waals surface area contributed by atoms with Crippen molar-refractivity contribution in [3.8, 4) is 28.3 Å². The summed E-state index contributed by atoms with van der Waals surface area (Å²) in [6, 6.07) is 11.4. The molecule has 5 aliphatic rings. The molecule has 5 aromatic rings. The number of benzene rings is 3. The number of aromatic nitrogens is 2. The van der Waals surface area contributed by atoms with Gasteiger partial charge in [-0.1, -0.05) is 25.4 Å². The quantitative estimate of drug-likeness (QED) is 0.0689. The summed E-state index contributed by atoms with van der Waals surface area (Å²) in [5, 5.41) is 40.9. The highest BCUT2D eigenvalue weighted by Gasteiger charge is 2.51. The minimum absolute atomic E-state index is 0.0179. The Morgan fingerprint density at radius 1 is 0.889 bits per heavy atom. The van der Waals surface area contributed by atoms with Crippen molar-refractivity contribution in [2.24, 2.45) is 5.16 Å². The minimum Gasteiger partial charge on any atom is -0.457 e. The lowest BCUT2D eigenvalue weighted by Gasteiger charge is -2.39. The van der Waals surface area contributed by atoms with E-state index in [-0.39, 0.29) is 57.6 Å². The van der Waals surface area contributed by atoms with Crippen LogP contribution in [-0.2, 0) is 49.1 Å². The molecule has 2 saturated heterocycles. The maximum Gasteiger partial charge on any atom is 0.415 e. The number of non-ortho nitro benzene ring substituents is 2. The number of ether oxygens (including phenoxy) is 3. The number of likely N-dealkylation sites (tertiary alicyclic amines) is 2. The maximum atomic E-state index is 14.5. The molecule has 1 aliphatic carbocycles. The Hall–Kier alpha value is -8.14. The maximum absolute atomic E-state index is 14.5. The summed E-state index contributed by atoms with van der Waals surface area (Å²) >= 11 is 0. The molecule has 22 nitrogen and oxygen atoms in total. The highest BCUT2D eigenvalue weighted by Crippen LogP contribution is 2.48. The zero-order valence-electron chi connectivity index (χ0n) is 39.8. The van der Waals surface area contributed by atoms with E-state index in [1.807, 2.05) is 6.92 Å². The average molecular weight is 985 g/mol. The molecule has 2 atom stereocenters. The number of oxime groups is 1. The lowest BCUT2D eigenvalue weighted by Crippen LogP contribution is -2.48. The first-order valence-electron chi connectivity index (χ1n) is 23.9. The van der Waals surface area contributed by atoms with Gasteiger partial charge in [0.2, 0.25) is 11.7 Å². The smallest absolute Gasteiger partial charge is 0.415 e. The van der Waals surface area contributed by atoms with E-state index in [9.17, 15) is 49.5 Å². The molecule has 0 N–H and O–H groups in total. The molecule has 0 spiro atoms. The van der Waals surface area contributed by atoms with Gasteiger partial charge in [0.05, 0.1) is 55.4 Å². The van der Waals surface area contributed by atoms with Gasteiger partial charge in [-0.25, -0.2) is 19.4 Å². The molecule has 0 radical (unpaired) electrons. The van der Waals surface area contributed by atoms with Crippen LogP contribution in [-0.4, -0.2) is 96.2 Å². The summed E-state index contributed by atoms with van der Waals surface area (Å²) in [6.07, 6.45) is 3.78. The molecular formula is C50H48N8O14. The number of hydrogen-bond donors (Lipinski definition) is 0. The van der Waals surface area contributed by atoms with Crippen molar-refractivity contribution in [2.45, 2.75) is 104 Å². The van der Waals surface area contributed by atoms with Gasteiger partial charge < -0.3 is 33.4 Å². The van der Waals surface area contributed by atoms with Crippen LogP contribution in [0.3, 0.4) is 0 Å². The lowest BCUT2D eigenvalue weighted by molar-refractivity contribution is -0.393. The number of nitrogens with zero attached hydrogens (tertiary/aromatic N) is 8. The van der Waals surface area contributed by atoms with Gasteiger partial charge in [0.15, 0.2) is 0 Å². The SMILES string of the molecule is CCc1c2c(nc3ccc(OC(=O)N4CCC(N5CCCCC5)CC4)cc13)-c1cc3c(c(=O)n1C2)COC(=O)[C@@]3(CC)OC(=O)[C@H](C)O/N=C1\c2cc([N+](=O)[O-])cc(C)c2-c2c1cc([N+](=O)[O-])cc2[N+](=O)[O-]. The number of pyridine rings is 2. The summed E-state index contributed by atoms with van der Waals surface area (Å²) in [7, 11) is 0. The third kappa shape index (κ3) is 7.85. The number of piperidine rings is 2. The second kappa shape index (κ2) is 18.2. The number of fused-ring (bicyclic) bond motifs is 8. The largest absolute Gasteiger partial charge is 0.457 e. The Bertz CT molecular complexity index is 3300. The first-order valence-corrected chi connectivity index (χ1v) is 23.9.